The SMILES string of the molecule is CO.NC(=O)C[SH+]C(c1ccccc1)c1ccccc1. The Hall–Kier alpha value is -1.78. The van der Waals surface area contributed by atoms with Crippen LogP contribution in [0, 0.1) is 0 Å². The maximum Gasteiger partial charge on any atom is 0.267 e. The molecule has 0 saturated carbocycles. The highest BCUT2D eigenvalue weighted by Crippen LogP contribution is 2.25. The van der Waals surface area contributed by atoms with Gasteiger partial charge in [0.2, 0.25) is 0 Å². The van der Waals surface area contributed by atoms with E-state index in [9.17, 15) is 4.79 Å². The molecule has 0 radical (unpaired) electrons. The number of carbonyl (C=O) groups is 1. The molecule has 0 spiro atoms. The van der Waals surface area contributed by atoms with Crippen molar-refractivity contribution in [2.45, 2.75) is 5.25 Å². The van der Waals surface area contributed by atoms with E-state index in [1.165, 1.54) is 11.1 Å². The smallest absolute Gasteiger partial charge is 0.267 e. The minimum absolute atomic E-state index is 0.208. The topological polar surface area (TPSA) is 63.3 Å². The molecule has 0 aliphatic rings. The predicted octanol–water partition coefficient (Wildman–Crippen LogP) is 1.68. The first kappa shape index (κ1) is 16.3. The summed E-state index contributed by atoms with van der Waals surface area (Å²) in [5.74, 6) is 0.127. The number of aliphatic hydroxyl groups excluding tert-OH is 1. The summed E-state index contributed by atoms with van der Waals surface area (Å²) < 4.78 is 0. The number of amides is 1. The van der Waals surface area contributed by atoms with Crippen LogP contribution < -0.4 is 5.73 Å². The number of thiol groups is 1. The fourth-order valence-corrected chi connectivity index (χ4v) is 2.98. The number of aliphatic hydroxyl groups is 1. The monoisotopic (exact) mass is 290 g/mol. The van der Waals surface area contributed by atoms with Crippen LogP contribution in [0.4, 0.5) is 0 Å². The Balaban J connectivity index is 0.000000956. The van der Waals surface area contributed by atoms with Gasteiger partial charge in [-0.25, -0.2) is 0 Å². The van der Waals surface area contributed by atoms with Crippen molar-refractivity contribution in [1.82, 2.24) is 0 Å². The number of carbonyl (C=O) groups excluding carboxylic acids is 1. The van der Waals surface area contributed by atoms with Crippen LogP contribution in [0.2, 0.25) is 0 Å². The Bertz CT molecular complexity index is 463. The van der Waals surface area contributed by atoms with E-state index in [4.69, 9.17) is 10.8 Å². The van der Waals surface area contributed by atoms with Gasteiger partial charge in [-0.2, -0.15) is 0 Å². The van der Waals surface area contributed by atoms with E-state index in [2.05, 4.69) is 24.3 Å². The van der Waals surface area contributed by atoms with Crippen molar-refractivity contribution in [3.8, 4) is 0 Å². The first-order valence-corrected chi connectivity index (χ1v) is 7.42. The molecule has 3 nitrogen and oxygen atoms in total. The lowest BCUT2D eigenvalue weighted by Crippen LogP contribution is -2.19. The van der Waals surface area contributed by atoms with Crippen molar-refractivity contribution in [3.05, 3.63) is 71.8 Å². The molecule has 1 amide bonds. The Morgan fingerprint density at radius 2 is 1.40 bits per heavy atom. The summed E-state index contributed by atoms with van der Waals surface area (Å²) in [5.41, 5.74) is 7.68. The van der Waals surface area contributed by atoms with Gasteiger partial charge < -0.3 is 10.8 Å². The Labute approximate surface area is 123 Å². The fraction of sp³-hybridized carbons (Fsp3) is 0.188. The van der Waals surface area contributed by atoms with Gasteiger partial charge in [-0.05, 0) is 11.8 Å². The van der Waals surface area contributed by atoms with Gasteiger partial charge in [-0.3, -0.25) is 4.79 Å². The second-order valence-electron chi connectivity index (χ2n) is 4.03. The zero-order chi connectivity index (χ0) is 14.8. The van der Waals surface area contributed by atoms with Crippen molar-refractivity contribution in [3.63, 3.8) is 0 Å². The third-order valence-electron chi connectivity index (χ3n) is 2.66. The average molecular weight is 290 g/mol. The van der Waals surface area contributed by atoms with Crippen LogP contribution in [0.15, 0.2) is 60.7 Å². The quantitative estimate of drug-likeness (QED) is 0.650. The van der Waals surface area contributed by atoms with Gasteiger partial charge in [-0.1, -0.05) is 60.7 Å². The van der Waals surface area contributed by atoms with E-state index in [1.807, 2.05) is 36.4 Å². The Morgan fingerprint density at radius 3 is 1.75 bits per heavy atom. The maximum absolute atomic E-state index is 11.0. The van der Waals surface area contributed by atoms with Crippen LogP contribution in [-0.2, 0) is 16.6 Å². The molecular weight excluding hydrogens is 270 g/mol. The molecule has 2 aromatic rings. The molecule has 0 bridgehead atoms. The van der Waals surface area contributed by atoms with Crippen molar-refractivity contribution in [2.75, 3.05) is 12.9 Å². The predicted molar refractivity (Wildman–Crippen MR) is 85.7 cm³/mol. The normalized spacial score (nSPS) is 9.75. The largest absolute Gasteiger partial charge is 0.400 e. The zero-order valence-electron chi connectivity index (χ0n) is 11.4. The number of primary amides is 1. The highest BCUT2D eigenvalue weighted by molar-refractivity contribution is 7.79. The molecule has 0 aliphatic carbocycles. The molecule has 0 unspecified atom stereocenters. The number of nitrogens with two attached hydrogens (primary N) is 1. The van der Waals surface area contributed by atoms with Crippen molar-refractivity contribution >= 4 is 17.7 Å². The van der Waals surface area contributed by atoms with Gasteiger partial charge in [0, 0.05) is 18.2 Å². The van der Waals surface area contributed by atoms with Crippen LogP contribution in [0.5, 0.6) is 0 Å². The second kappa shape index (κ2) is 9.18. The van der Waals surface area contributed by atoms with E-state index in [0.717, 1.165) is 18.9 Å². The summed E-state index contributed by atoms with van der Waals surface area (Å²) in [6.07, 6.45) is 0. The molecule has 2 rings (SSSR count). The average Bonchev–Trinajstić information content (AvgIpc) is 2.51. The van der Waals surface area contributed by atoms with Gasteiger partial charge in [0.05, 0.1) is 0 Å². The summed E-state index contributed by atoms with van der Waals surface area (Å²) in [6.45, 7) is 0. The van der Waals surface area contributed by atoms with Crippen molar-refractivity contribution in [1.29, 1.82) is 0 Å². The number of benzene rings is 2. The van der Waals surface area contributed by atoms with Crippen molar-refractivity contribution < 1.29 is 9.90 Å². The van der Waals surface area contributed by atoms with Gasteiger partial charge in [0.15, 0.2) is 11.0 Å². The summed E-state index contributed by atoms with van der Waals surface area (Å²) >= 11 is 1.02. The summed E-state index contributed by atoms with van der Waals surface area (Å²) in [6, 6.07) is 20.4. The lowest BCUT2D eigenvalue weighted by molar-refractivity contribution is -0.115. The minimum atomic E-state index is -0.256. The lowest BCUT2D eigenvalue weighted by atomic mass is 10.0. The van der Waals surface area contributed by atoms with Gasteiger partial charge in [0.1, 0.15) is 0 Å². The molecule has 0 saturated heterocycles. The van der Waals surface area contributed by atoms with E-state index >= 15 is 0 Å². The molecule has 20 heavy (non-hydrogen) atoms. The first-order valence-electron chi connectivity index (χ1n) is 6.27. The van der Waals surface area contributed by atoms with Crippen LogP contribution in [0.1, 0.15) is 16.4 Å². The van der Waals surface area contributed by atoms with Crippen LogP contribution >= 0.6 is 0 Å². The maximum atomic E-state index is 11.0. The zero-order valence-corrected chi connectivity index (χ0v) is 12.3. The van der Waals surface area contributed by atoms with E-state index in [0.29, 0.717) is 5.75 Å². The van der Waals surface area contributed by atoms with Crippen LogP contribution in [0.25, 0.3) is 0 Å². The standard InChI is InChI=1S/C15H15NOS.CH4O/c16-14(17)11-18-15(12-7-3-1-4-8-12)13-9-5-2-6-10-13;1-2/h1-10,15H,11H2,(H2,16,17);2H,1H3/p+1. The third kappa shape index (κ3) is 5.07. The second-order valence-corrected chi connectivity index (χ2v) is 5.23. The molecule has 0 fully saturated rings. The van der Waals surface area contributed by atoms with Crippen LogP contribution in [-0.4, -0.2) is 23.9 Å². The molecular formula is C16H20NO2S+. The first-order chi connectivity index (χ1) is 9.77. The fourth-order valence-electron chi connectivity index (χ4n) is 1.86. The number of hydrogen-bond donors (Lipinski definition) is 2. The number of rotatable bonds is 5. The Kier molecular flexibility index (Phi) is 7.47. The van der Waals surface area contributed by atoms with Crippen molar-refractivity contribution in [2.24, 2.45) is 5.73 Å². The molecule has 106 valence electrons. The summed E-state index contributed by atoms with van der Waals surface area (Å²) in [4.78, 5) is 11.0. The highest BCUT2D eigenvalue weighted by atomic mass is 32.2. The molecule has 4 heteroatoms. The highest BCUT2D eigenvalue weighted by Gasteiger charge is 2.22. The number of hydrogen-bond acceptors (Lipinski definition) is 2. The van der Waals surface area contributed by atoms with Gasteiger partial charge in [0.25, 0.3) is 5.91 Å². The van der Waals surface area contributed by atoms with E-state index in [-0.39, 0.29) is 11.2 Å². The molecule has 3 N–H and O–H groups in total. The van der Waals surface area contributed by atoms with Crippen LogP contribution in [0.3, 0.4) is 0 Å². The van der Waals surface area contributed by atoms with Gasteiger partial charge >= 0.3 is 0 Å². The van der Waals surface area contributed by atoms with E-state index < -0.39 is 0 Å². The lowest BCUT2D eigenvalue weighted by Gasteiger charge is -2.10. The van der Waals surface area contributed by atoms with Gasteiger partial charge in [-0.15, -0.1) is 0 Å². The summed E-state index contributed by atoms with van der Waals surface area (Å²) in [7, 11) is 1.00. The molecule has 2 aromatic carbocycles. The van der Waals surface area contributed by atoms with E-state index in [1.54, 1.807) is 0 Å². The molecule has 0 heterocycles. The minimum Gasteiger partial charge on any atom is -0.400 e. The molecule has 0 aliphatic heterocycles. The molecule has 0 aromatic heterocycles. The Morgan fingerprint density at radius 1 is 1.00 bits per heavy atom. The third-order valence-corrected chi connectivity index (χ3v) is 4.12. The summed E-state index contributed by atoms with van der Waals surface area (Å²) in [5, 5.41) is 7.21. The molecule has 0 atom stereocenters.